The van der Waals surface area contributed by atoms with Gasteiger partial charge in [0, 0.05) is 11.6 Å². The molecule has 1 aromatic rings. The quantitative estimate of drug-likeness (QED) is 0.753. The number of ketones is 1. The summed E-state index contributed by atoms with van der Waals surface area (Å²) < 4.78 is 26.4. The van der Waals surface area contributed by atoms with Crippen molar-refractivity contribution >= 4 is 5.78 Å². The number of carbonyl (C=O) groups excluding carboxylic acids is 1. The number of likely N-dealkylation sites (N-methyl/N-ethyl adjacent to an activating group) is 1. The minimum atomic E-state index is -0.724. The third-order valence-corrected chi connectivity index (χ3v) is 3.57. The number of Topliss-reactive ketones (excluding diaryl/α,β-unsaturated/α-hetero) is 1. The zero-order chi connectivity index (χ0) is 13.9. The molecule has 0 aliphatic heterocycles. The molecule has 0 saturated carbocycles. The monoisotopic (exact) mass is 255 g/mol. The largest absolute Gasteiger partial charge is 0.297 e. The van der Waals surface area contributed by atoms with Crippen molar-refractivity contribution in [3.05, 3.63) is 35.4 Å². The molecule has 0 unspecified atom stereocenters. The second-order valence-corrected chi connectivity index (χ2v) is 4.62. The molecule has 1 rings (SSSR count). The molecular weight excluding hydrogens is 236 g/mol. The maximum Gasteiger partial charge on any atom is 0.183 e. The topological polar surface area (TPSA) is 20.3 Å². The molecule has 0 atom stereocenters. The summed E-state index contributed by atoms with van der Waals surface area (Å²) in [6.07, 6.45) is 1.18. The molecule has 0 radical (unpaired) electrons. The molecule has 0 amide bonds. The summed E-state index contributed by atoms with van der Waals surface area (Å²) >= 11 is 0. The van der Waals surface area contributed by atoms with E-state index in [0.29, 0.717) is 12.8 Å². The van der Waals surface area contributed by atoms with Crippen LogP contribution < -0.4 is 0 Å². The fourth-order valence-electron chi connectivity index (χ4n) is 2.36. The van der Waals surface area contributed by atoms with E-state index in [4.69, 9.17) is 0 Å². The molecule has 0 saturated heterocycles. The number of nitrogens with zero attached hydrogens (tertiary/aromatic N) is 1. The van der Waals surface area contributed by atoms with E-state index >= 15 is 0 Å². The molecule has 2 nitrogen and oxygen atoms in total. The lowest BCUT2D eigenvalue weighted by Crippen LogP contribution is -2.50. The Morgan fingerprint density at radius 3 is 1.89 bits per heavy atom. The number of rotatable bonds is 5. The van der Waals surface area contributed by atoms with Gasteiger partial charge in [0.1, 0.15) is 11.6 Å². The zero-order valence-electron chi connectivity index (χ0n) is 11.3. The minimum Gasteiger partial charge on any atom is -0.297 e. The first-order valence-corrected chi connectivity index (χ1v) is 6.05. The SMILES string of the molecule is CCC(CC)(C(=O)c1cc(F)cc(F)c1)N(C)C. The molecule has 0 aromatic heterocycles. The average molecular weight is 255 g/mol. The van der Waals surface area contributed by atoms with Crippen LogP contribution in [0.3, 0.4) is 0 Å². The normalized spacial score (nSPS) is 11.9. The van der Waals surface area contributed by atoms with Gasteiger partial charge in [-0.1, -0.05) is 13.8 Å². The van der Waals surface area contributed by atoms with E-state index in [9.17, 15) is 13.6 Å². The van der Waals surface area contributed by atoms with Crippen LogP contribution in [0.15, 0.2) is 18.2 Å². The molecule has 0 heterocycles. The maximum atomic E-state index is 13.2. The van der Waals surface area contributed by atoms with Crippen LogP contribution in [0.4, 0.5) is 8.78 Å². The highest BCUT2D eigenvalue weighted by Crippen LogP contribution is 2.27. The fraction of sp³-hybridized carbons (Fsp3) is 0.500. The standard InChI is InChI=1S/C14H19F2NO/c1-5-14(6-2,17(3)4)13(18)10-7-11(15)9-12(16)8-10/h7-9H,5-6H2,1-4H3. The van der Waals surface area contributed by atoms with E-state index in [0.717, 1.165) is 18.2 Å². The summed E-state index contributed by atoms with van der Waals surface area (Å²) in [5, 5.41) is 0. The average Bonchev–Trinajstić information content (AvgIpc) is 2.29. The van der Waals surface area contributed by atoms with Gasteiger partial charge in [-0.15, -0.1) is 0 Å². The number of carbonyl (C=O) groups is 1. The highest BCUT2D eigenvalue weighted by atomic mass is 19.1. The molecule has 0 aliphatic carbocycles. The van der Waals surface area contributed by atoms with Gasteiger partial charge >= 0.3 is 0 Å². The van der Waals surface area contributed by atoms with E-state index in [-0.39, 0.29) is 11.3 Å². The van der Waals surface area contributed by atoms with Crippen LogP contribution in [0.25, 0.3) is 0 Å². The van der Waals surface area contributed by atoms with E-state index in [1.54, 1.807) is 14.1 Å². The lowest BCUT2D eigenvalue weighted by Gasteiger charge is -2.37. The molecule has 1 aromatic carbocycles. The van der Waals surface area contributed by atoms with Gasteiger partial charge in [0.25, 0.3) is 0 Å². The molecular formula is C14H19F2NO. The summed E-state index contributed by atoms with van der Waals surface area (Å²) in [5.74, 6) is -1.69. The second kappa shape index (κ2) is 5.57. The summed E-state index contributed by atoms with van der Waals surface area (Å²) in [7, 11) is 3.61. The maximum absolute atomic E-state index is 13.2. The predicted molar refractivity (Wildman–Crippen MR) is 67.7 cm³/mol. The Bertz CT molecular complexity index is 419. The van der Waals surface area contributed by atoms with Crippen LogP contribution in [0.5, 0.6) is 0 Å². The molecule has 0 bridgehead atoms. The predicted octanol–water partition coefficient (Wildman–Crippen LogP) is 3.27. The van der Waals surface area contributed by atoms with Gasteiger partial charge < -0.3 is 0 Å². The van der Waals surface area contributed by atoms with Crippen molar-refractivity contribution in [1.82, 2.24) is 4.90 Å². The summed E-state index contributed by atoms with van der Waals surface area (Å²) in [4.78, 5) is 14.3. The van der Waals surface area contributed by atoms with Gasteiger partial charge in [0.05, 0.1) is 5.54 Å². The van der Waals surface area contributed by atoms with Crippen LogP contribution in [0.1, 0.15) is 37.0 Å². The van der Waals surface area contributed by atoms with Crippen LogP contribution in [-0.2, 0) is 0 Å². The van der Waals surface area contributed by atoms with Crippen LogP contribution in [0.2, 0.25) is 0 Å². The molecule has 0 N–H and O–H groups in total. The third-order valence-electron chi connectivity index (χ3n) is 3.57. The van der Waals surface area contributed by atoms with Crippen molar-refractivity contribution < 1.29 is 13.6 Å². The van der Waals surface area contributed by atoms with E-state index < -0.39 is 17.2 Å². The van der Waals surface area contributed by atoms with Gasteiger partial charge in [-0.05, 0) is 39.1 Å². The second-order valence-electron chi connectivity index (χ2n) is 4.62. The van der Waals surface area contributed by atoms with Crippen molar-refractivity contribution in [1.29, 1.82) is 0 Å². The highest BCUT2D eigenvalue weighted by molar-refractivity contribution is 6.03. The minimum absolute atomic E-state index is 0.0879. The Morgan fingerprint density at radius 1 is 1.11 bits per heavy atom. The Hall–Kier alpha value is -1.29. The van der Waals surface area contributed by atoms with E-state index in [1.165, 1.54) is 0 Å². The Balaban J connectivity index is 3.26. The molecule has 4 heteroatoms. The van der Waals surface area contributed by atoms with Crippen molar-refractivity contribution in [2.24, 2.45) is 0 Å². The summed E-state index contributed by atoms with van der Waals surface area (Å²) in [5.41, 5.74) is -0.620. The van der Waals surface area contributed by atoms with Gasteiger partial charge in [-0.2, -0.15) is 0 Å². The highest BCUT2D eigenvalue weighted by Gasteiger charge is 2.37. The Morgan fingerprint density at radius 2 is 1.56 bits per heavy atom. The zero-order valence-corrected chi connectivity index (χ0v) is 11.3. The van der Waals surface area contributed by atoms with Gasteiger partial charge in [-0.3, -0.25) is 9.69 Å². The smallest absolute Gasteiger partial charge is 0.183 e. The van der Waals surface area contributed by atoms with Crippen molar-refractivity contribution in [2.75, 3.05) is 14.1 Å². The molecule has 0 fully saturated rings. The van der Waals surface area contributed by atoms with Gasteiger partial charge in [-0.25, -0.2) is 8.78 Å². The Kier molecular flexibility index (Phi) is 4.57. The molecule has 100 valence electrons. The summed E-state index contributed by atoms with van der Waals surface area (Å²) in [6, 6.07) is 2.95. The van der Waals surface area contributed by atoms with Crippen molar-refractivity contribution in [3.8, 4) is 0 Å². The van der Waals surface area contributed by atoms with Crippen molar-refractivity contribution in [2.45, 2.75) is 32.2 Å². The Labute approximate surface area is 107 Å². The number of halogens is 2. The molecule has 0 aliphatic rings. The lowest BCUT2D eigenvalue weighted by molar-refractivity contribution is 0.0655. The number of benzene rings is 1. The molecule has 0 spiro atoms. The van der Waals surface area contributed by atoms with Gasteiger partial charge in [0.15, 0.2) is 5.78 Å². The van der Waals surface area contributed by atoms with Gasteiger partial charge in [0.2, 0.25) is 0 Å². The first-order chi connectivity index (χ1) is 8.37. The van der Waals surface area contributed by atoms with E-state index in [2.05, 4.69) is 0 Å². The molecule has 18 heavy (non-hydrogen) atoms. The lowest BCUT2D eigenvalue weighted by atomic mass is 9.83. The van der Waals surface area contributed by atoms with E-state index in [1.807, 2.05) is 18.7 Å². The van der Waals surface area contributed by atoms with Crippen LogP contribution >= 0.6 is 0 Å². The van der Waals surface area contributed by atoms with Crippen LogP contribution in [-0.4, -0.2) is 30.3 Å². The van der Waals surface area contributed by atoms with Crippen LogP contribution in [0, 0.1) is 11.6 Å². The third kappa shape index (κ3) is 2.58. The number of hydrogen-bond acceptors (Lipinski definition) is 2. The summed E-state index contributed by atoms with van der Waals surface area (Å²) in [6.45, 7) is 3.80. The first-order valence-electron chi connectivity index (χ1n) is 6.05. The number of hydrogen-bond donors (Lipinski definition) is 0. The first kappa shape index (κ1) is 14.8. The fourth-order valence-corrected chi connectivity index (χ4v) is 2.36. The van der Waals surface area contributed by atoms with Crippen molar-refractivity contribution in [3.63, 3.8) is 0 Å².